The molecule has 110 valence electrons. The minimum Gasteiger partial charge on any atom is -0.366 e. The fourth-order valence-electron chi connectivity index (χ4n) is 2.77. The van der Waals surface area contributed by atoms with Crippen LogP contribution in [0.2, 0.25) is 5.02 Å². The molecule has 1 aromatic rings. The van der Waals surface area contributed by atoms with Gasteiger partial charge in [0.25, 0.3) is 5.91 Å². The van der Waals surface area contributed by atoms with Crippen molar-refractivity contribution < 1.29 is 9.53 Å². The normalized spacial score (nSPS) is 20.8. The Morgan fingerprint density at radius 3 is 2.35 bits per heavy atom. The first-order valence-electron chi connectivity index (χ1n) is 6.55. The summed E-state index contributed by atoms with van der Waals surface area (Å²) in [5.74, 6) is -0.0549. The fourth-order valence-corrected chi connectivity index (χ4v) is 3.34. The SMILES string of the molecule is CC1(C)CN(C(=O)c2cccc(Br)c2Cl)CC(C)(C)O1. The van der Waals surface area contributed by atoms with Gasteiger partial charge in [0.1, 0.15) is 0 Å². The summed E-state index contributed by atoms with van der Waals surface area (Å²) in [5, 5.41) is 0.458. The van der Waals surface area contributed by atoms with Crippen LogP contribution in [0.5, 0.6) is 0 Å². The molecule has 2 rings (SSSR count). The van der Waals surface area contributed by atoms with Gasteiger partial charge >= 0.3 is 0 Å². The first kappa shape index (κ1) is 15.8. The summed E-state index contributed by atoms with van der Waals surface area (Å²) >= 11 is 9.58. The molecule has 3 nitrogen and oxygen atoms in total. The summed E-state index contributed by atoms with van der Waals surface area (Å²) in [6, 6.07) is 5.40. The summed E-state index contributed by atoms with van der Waals surface area (Å²) in [4.78, 5) is 14.5. The van der Waals surface area contributed by atoms with Crippen molar-refractivity contribution in [2.24, 2.45) is 0 Å². The van der Waals surface area contributed by atoms with Crippen molar-refractivity contribution in [3.05, 3.63) is 33.3 Å². The Morgan fingerprint density at radius 1 is 1.25 bits per heavy atom. The van der Waals surface area contributed by atoms with Crippen LogP contribution in [-0.2, 0) is 4.74 Å². The zero-order valence-electron chi connectivity index (χ0n) is 12.2. The fraction of sp³-hybridized carbons (Fsp3) is 0.533. The van der Waals surface area contributed by atoms with E-state index in [-0.39, 0.29) is 17.1 Å². The zero-order valence-corrected chi connectivity index (χ0v) is 14.5. The number of morpholine rings is 1. The van der Waals surface area contributed by atoms with Crippen LogP contribution < -0.4 is 0 Å². The highest BCUT2D eigenvalue weighted by molar-refractivity contribution is 9.10. The first-order chi connectivity index (χ1) is 9.11. The summed E-state index contributed by atoms with van der Waals surface area (Å²) in [7, 11) is 0. The maximum atomic E-state index is 12.7. The summed E-state index contributed by atoms with van der Waals surface area (Å²) in [5.41, 5.74) is -0.208. The number of rotatable bonds is 1. The molecular weight excluding hydrogens is 342 g/mol. The van der Waals surface area contributed by atoms with Gasteiger partial charge in [-0.25, -0.2) is 0 Å². The molecule has 0 radical (unpaired) electrons. The van der Waals surface area contributed by atoms with E-state index in [1.165, 1.54) is 0 Å². The molecule has 0 atom stereocenters. The molecule has 5 heteroatoms. The average molecular weight is 361 g/mol. The molecule has 0 N–H and O–H groups in total. The predicted molar refractivity (Wildman–Crippen MR) is 84.3 cm³/mol. The molecule has 0 saturated carbocycles. The minimum absolute atomic E-state index is 0.0549. The lowest BCUT2D eigenvalue weighted by Gasteiger charge is -2.47. The van der Waals surface area contributed by atoms with E-state index < -0.39 is 0 Å². The number of hydrogen-bond donors (Lipinski definition) is 0. The lowest BCUT2D eigenvalue weighted by atomic mass is 9.98. The van der Waals surface area contributed by atoms with Gasteiger partial charge in [0.2, 0.25) is 0 Å². The van der Waals surface area contributed by atoms with Gasteiger partial charge in [-0.15, -0.1) is 0 Å². The Morgan fingerprint density at radius 2 is 1.80 bits per heavy atom. The van der Waals surface area contributed by atoms with Crippen molar-refractivity contribution in [1.29, 1.82) is 0 Å². The van der Waals surface area contributed by atoms with Crippen molar-refractivity contribution >= 4 is 33.4 Å². The molecule has 20 heavy (non-hydrogen) atoms. The van der Waals surface area contributed by atoms with Gasteiger partial charge in [0.15, 0.2) is 0 Å². The van der Waals surface area contributed by atoms with Crippen LogP contribution >= 0.6 is 27.5 Å². The smallest absolute Gasteiger partial charge is 0.255 e. The molecule has 0 aromatic heterocycles. The molecule has 0 bridgehead atoms. The third kappa shape index (κ3) is 3.35. The van der Waals surface area contributed by atoms with Gasteiger partial charge in [0.05, 0.1) is 21.8 Å². The van der Waals surface area contributed by atoms with Gasteiger partial charge in [-0.3, -0.25) is 4.79 Å². The van der Waals surface area contributed by atoms with Crippen LogP contribution in [0.25, 0.3) is 0 Å². The highest BCUT2D eigenvalue weighted by Crippen LogP contribution is 2.31. The number of nitrogens with zero attached hydrogens (tertiary/aromatic N) is 1. The lowest BCUT2D eigenvalue weighted by molar-refractivity contribution is -0.171. The van der Waals surface area contributed by atoms with E-state index in [0.29, 0.717) is 23.7 Å². The van der Waals surface area contributed by atoms with Gasteiger partial charge in [-0.1, -0.05) is 17.7 Å². The van der Waals surface area contributed by atoms with Crippen LogP contribution in [0, 0.1) is 0 Å². The van der Waals surface area contributed by atoms with E-state index in [2.05, 4.69) is 15.9 Å². The molecule has 1 aromatic carbocycles. The van der Waals surface area contributed by atoms with Crippen LogP contribution in [0.1, 0.15) is 38.1 Å². The van der Waals surface area contributed by atoms with Gasteiger partial charge < -0.3 is 9.64 Å². The van der Waals surface area contributed by atoms with E-state index in [1.807, 2.05) is 44.7 Å². The molecule has 1 heterocycles. The van der Waals surface area contributed by atoms with Crippen molar-refractivity contribution in [2.75, 3.05) is 13.1 Å². The number of benzene rings is 1. The third-order valence-corrected chi connectivity index (χ3v) is 4.46. The van der Waals surface area contributed by atoms with Crippen LogP contribution in [-0.4, -0.2) is 35.1 Å². The highest BCUT2D eigenvalue weighted by Gasteiger charge is 2.40. The van der Waals surface area contributed by atoms with Crippen molar-refractivity contribution in [3.8, 4) is 0 Å². The second-order valence-corrected chi connectivity index (χ2v) is 7.62. The standard InChI is InChI=1S/C15H19BrClNO2/c1-14(2)8-18(9-15(3,4)20-14)13(19)10-6-5-7-11(16)12(10)17/h5-7H,8-9H2,1-4H3. The summed E-state index contributed by atoms with van der Waals surface area (Å²) in [6.45, 7) is 9.09. The van der Waals surface area contributed by atoms with Crippen molar-refractivity contribution in [3.63, 3.8) is 0 Å². The van der Waals surface area contributed by atoms with Crippen molar-refractivity contribution in [1.82, 2.24) is 4.90 Å². The van der Waals surface area contributed by atoms with Crippen LogP contribution in [0.3, 0.4) is 0 Å². The quantitative estimate of drug-likeness (QED) is 0.753. The number of ether oxygens (including phenoxy) is 1. The number of halogens is 2. The Bertz CT molecular complexity index is 527. The van der Waals surface area contributed by atoms with Gasteiger partial charge in [0, 0.05) is 17.6 Å². The number of carbonyl (C=O) groups is 1. The van der Waals surface area contributed by atoms with E-state index >= 15 is 0 Å². The first-order valence-corrected chi connectivity index (χ1v) is 7.72. The summed E-state index contributed by atoms with van der Waals surface area (Å²) < 4.78 is 6.73. The number of hydrogen-bond acceptors (Lipinski definition) is 2. The highest BCUT2D eigenvalue weighted by atomic mass is 79.9. The molecule has 1 aliphatic heterocycles. The maximum Gasteiger partial charge on any atom is 0.255 e. The van der Waals surface area contributed by atoms with Crippen LogP contribution in [0.15, 0.2) is 22.7 Å². The Balaban J connectivity index is 2.31. The molecule has 1 fully saturated rings. The summed E-state index contributed by atoms with van der Waals surface area (Å²) in [6.07, 6.45) is 0. The van der Waals surface area contributed by atoms with Crippen molar-refractivity contribution in [2.45, 2.75) is 38.9 Å². The zero-order chi connectivity index (χ0) is 15.1. The largest absolute Gasteiger partial charge is 0.366 e. The van der Waals surface area contributed by atoms with E-state index in [0.717, 1.165) is 4.47 Å². The molecule has 0 spiro atoms. The maximum absolute atomic E-state index is 12.7. The Hall–Kier alpha value is -0.580. The second-order valence-electron chi connectivity index (χ2n) is 6.38. The monoisotopic (exact) mass is 359 g/mol. The lowest BCUT2D eigenvalue weighted by Crippen LogP contribution is -2.58. The number of carbonyl (C=O) groups excluding carboxylic acids is 1. The van der Waals surface area contributed by atoms with E-state index in [4.69, 9.17) is 16.3 Å². The topological polar surface area (TPSA) is 29.5 Å². The molecule has 1 saturated heterocycles. The minimum atomic E-state index is -0.365. The van der Waals surface area contributed by atoms with E-state index in [9.17, 15) is 4.79 Å². The Labute approximate surface area is 133 Å². The van der Waals surface area contributed by atoms with Crippen LogP contribution in [0.4, 0.5) is 0 Å². The molecule has 1 aliphatic rings. The molecule has 0 aliphatic carbocycles. The third-order valence-electron chi connectivity index (χ3n) is 3.17. The Kier molecular flexibility index (Phi) is 4.20. The van der Waals surface area contributed by atoms with E-state index in [1.54, 1.807) is 6.07 Å². The van der Waals surface area contributed by atoms with Gasteiger partial charge in [-0.05, 0) is 55.8 Å². The average Bonchev–Trinajstić information content (AvgIpc) is 2.28. The molecule has 1 amide bonds. The molecule has 0 unspecified atom stereocenters. The predicted octanol–water partition coefficient (Wildman–Crippen LogP) is 4.13. The number of amides is 1. The molecular formula is C15H19BrClNO2. The van der Waals surface area contributed by atoms with Gasteiger partial charge in [-0.2, -0.15) is 0 Å². The second kappa shape index (κ2) is 5.32.